The predicted octanol–water partition coefficient (Wildman–Crippen LogP) is 3.73. The topological polar surface area (TPSA) is 45.7 Å². The van der Waals surface area contributed by atoms with Crippen LogP contribution >= 0.6 is 22.9 Å². The summed E-state index contributed by atoms with van der Waals surface area (Å²) < 4.78 is 5.20. The zero-order valence-electron chi connectivity index (χ0n) is 16.1. The number of rotatable bonds is 6. The second kappa shape index (κ2) is 8.59. The molecule has 1 aliphatic rings. The first-order valence-corrected chi connectivity index (χ1v) is 10.5. The summed E-state index contributed by atoms with van der Waals surface area (Å²) in [5, 5.41) is 3.20. The first-order valence-electron chi connectivity index (χ1n) is 9.09. The molecule has 7 heteroatoms. The van der Waals surface area contributed by atoms with E-state index in [1.165, 1.54) is 0 Å². The largest absolute Gasteiger partial charge is 0.497 e. The predicted molar refractivity (Wildman–Crippen MR) is 110 cm³/mol. The maximum absolute atomic E-state index is 12.5. The number of hydrogen-bond donors (Lipinski definition) is 0. The standard InChI is InChI=1S/C20H26ClN3O2S/c1-20(2,14-21)19(25)24-10-8-23(9-11-24)12-18-22-17(13-27-18)15-4-6-16(26-3)7-5-15/h4-7,13H,8-12,14H2,1-3H3. The number of nitrogens with zero attached hydrogens (tertiary/aromatic N) is 3. The average Bonchev–Trinajstić information content (AvgIpc) is 3.16. The number of carbonyl (C=O) groups excluding carboxylic acids is 1. The number of carbonyl (C=O) groups is 1. The van der Waals surface area contributed by atoms with Crippen LogP contribution in [0.5, 0.6) is 5.75 Å². The van der Waals surface area contributed by atoms with E-state index in [1.54, 1.807) is 18.4 Å². The number of halogens is 1. The van der Waals surface area contributed by atoms with Gasteiger partial charge in [-0.05, 0) is 38.1 Å². The average molecular weight is 408 g/mol. The fourth-order valence-corrected chi connectivity index (χ4v) is 4.02. The normalized spacial score (nSPS) is 15.8. The monoisotopic (exact) mass is 407 g/mol. The third-order valence-electron chi connectivity index (χ3n) is 4.87. The molecule has 5 nitrogen and oxygen atoms in total. The highest BCUT2D eigenvalue weighted by Crippen LogP contribution is 2.26. The Hall–Kier alpha value is -1.63. The SMILES string of the molecule is COc1ccc(-c2csc(CN3CCN(C(=O)C(C)(C)CCl)CC3)n2)cc1. The summed E-state index contributed by atoms with van der Waals surface area (Å²) in [6, 6.07) is 7.96. The lowest BCUT2D eigenvalue weighted by molar-refractivity contribution is -0.141. The summed E-state index contributed by atoms with van der Waals surface area (Å²) in [5.41, 5.74) is 1.60. The van der Waals surface area contributed by atoms with Crippen LogP contribution in [0.4, 0.5) is 0 Å². The van der Waals surface area contributed by atoms with E-state index in [4.69, 9.17) is 21.3 Å². The summed E-state index contributed by atoms with van der Waals surface area (Å²) in [6.45, 7) is 7.85. The molecular weight excluding hydrogens is 382 g/mol. The molecule has 1 aromatic heterocycles. The van der Waals surface area contributed by atoms with Gasteiger partial charge in [0, 0.05) is 43.0 Å². The molecule has 3 rings (SSSR count). The van der Waals surface area contributed by atoms with Gasteiger partial charge in [0.25, 0.3) is 0 Å². The van der Waals surface area contributed by atoms with Crippen molar-refractivity contribution in [3.8, 4) is 17.0 Å². The van der Waals surface area contributed by atoms with E-state index in [9.17, 15) is 4.79 Å². The van der Waals surface area contributed by atoms with Gasteiger partial charge in [-0.2, -0.15) is 0 Å². The van der Waals surface area contributed by atoms with E-state index < -0.39 is 5.41 Å². The molecule has 0 atom stereocenters. The number of piperazine rings is 1. The van der Waals surface area contributed by atoms with Crippen LogP contribution in [-0.4, -0.2) is 59.9 Å². The lowest BCUT2D eigenvalue weighted by atomic mass is 9.94. The van der Waals surface area contributed by atoms with Crippen LogP contribution in [0.2, 0.25) is 0 Å². The van der Waals surface area contributed by atoms with Crippen LogP contribution in [0, 0.1) is 5.41 Å². The first kappa shape index (κ1) is 20.1. The Bertz CT molecular complexity index is 768. The van der Waals surface area contributed by atoms with Gasteiger partial charge < -0.3 is 9.64 Å². The maximum atomic E-state index is 12.5. The molecule has 0 saturated carbocycles. The van der Waals surface area contributed by atoms with E-state index >= 15 is 0 Å². The van der Waals surface area contributed by atoms with Crippen LogP contribution in [0.1, 0.15) is 18.9 Å². The molecule has 0 bridgehead atoms. The zero-order chi connectivity index (χ0) is 19.4. The van der Waals surface area contributed by atoms with Crippen molar-refractivity contribution in [1.82, 2.24) is 14.8 Å². The molecule has 1 fully saturated rings. The van der Waals surface area contributed by atoms with E-state index in [2.05, 4.69) is 10.3 Å². The minimum absolute atomic E-state index is 0.146. The number of methoxy groups -OCH3 is 1. The van der Waals surface area contributed by atoms with Gasteiger partial charge in [-0.1, -0.05) is 0 Å². The van der Waals surface area contributed by atoms with Crippen LogP contribution in [-0.2, 0) is 11.3 Å². The minimum Gasteiger partial charge on any atom is -0.497 e. The number of benzene rings is 1. The number of aromatic nitrogens is 1. The maximum Gasteiger partial charge on any atom is 0.229 e. The molecule has 2 aromatic rings. The fraction of sp³-hybridized carbons (Fsp3) is 0.500. The van der Waals surface area contributed by atoms with Crippen molar-refractivity contribution in [3.63, 3.8) is 0 Å². The first-order chi connectivity index (χ1) is 12.9. The third-order valence-corrected chi connectivity index (χ3v) is 6.37. The van der Waals surface area contributed by atoms with Crippen molar-refractivity contribution < 1.29 is 9.53 Å². The number of hydrogen-bond acceptors (Lipinski definition) is 5. The number of alkyl halides is 1. The second-order valence-electron chi connectivity index (χ2n) is 7.44. The van der Waals surface area contributed by atoms with Gasteiger partial charge in [0.2, 0.25) is 5.91 Å². The van der Waals surface area contributed by atoms with Crippen LogP contribution in [0.15, 0.2) is 29.6 Å². The van der Waals surface area contributed by atoms with E-state index in [1.807, 2.05) is 43.0 Å². The van der Waals surface area contributed by atoms with Gasteiger partial charge >= 0.3 is 0 Å². The second-order valence-corrected chi connectivity index (χ2v) is 8.65. The van der Waals surface area contributed by atoms with Gasteiger partial charge in [-0.3, -0.25) is 9.69 Å². The molecule has 1 amide bonds. The van der Waals surface area contributed by atoms with Crippen molar-refractivity contribution in [3.05, 3.63) is 34.7 Å². The fourth-order valence-electron chi connectivity index (χ4n) is 3.06. The third kappa shape index (κ3) is 4.81. The molecule has 2 heterocycles. The van der Waals surface area contributed by atoms with E-state index in [-0.39, 0.29) is 5.91 Å². The number of ether oxygens (including phenoxy) is 1. The number of thiazole rings is 1. The van der Waals surface area contributed by atoms with Crippen LogP contribution in [0.25, 0.3) is 11.3 Å². The van der Waals surface area contributed by atoms with Crippen molar-refractivity contribution >= 4 is 28.8 Å². The van der Waals surface area contributed by atoms with Gasteiger partial charge in [-0.25, -0.2) is 4.98 Å². The van der Waals surface area contributed by atoms with Gasteiger partial charge in [0.05, 0.1) is 24.8 Å². The highest BCUT2D eigenvalue weighted by atomic mass is 35.5. The van der Waals surface area contributed by atoms with Gasteiger partial charge in [0.15, 0.2) is 0 Å². The minimum atomic E-state index is -0.494. The van der Waals surface area contributed by atoms with Crippen LogP contribution < -0.4 is 4.74 Å². The summed E-state index contributed by atoms with van der Waals surface area (Å²) in [5.74, 6) is 1.34. The highest BCUT2D eigenvalue weighted by Gasteiger charge is 2.33. The lowest BCUT2D eigenvalue weighted by Crippen LogP contribution is -2.52. The molecule has 0 aliphatic carbocycles. The van der Waals surface area contributed by atoms with Gasteiger partial charge in [-0.15, -0.1) is 22.9 Å². The Morgan fingerprint density at radius 2 is 1.89 bits per heavy atom. The summed E-state index contributed by atoms with van der Waals surface area (Å²) >= 11 is 7.62. The molecule has 0 unspecified atom stereocenters. The highest BCUT2D eigenvalue weighted by molar-refractivity contribution is 7.09. The lowest BCUT2D eigenvalue weighted by Gasteiger charge is -2.37. The van der Waals surface area contributed by atoms with Crippen molar-refractivity contribution in [2.24, 2.45) is 5.41 Å². The molecule has 146 valence electrons. The molecule has 1 aliphatic heterocycles. The molecule has 27 heavy (non-hydrogen) atoms. The van der Waals surface area contributed by atoms with Crippen molar-refractivity contribution in [1.29, 1.82) is 0 Å². The Morgan fingerprint density at radius 3 is 2.48 bits per heavy atom. The van der Waals surface area contributed by atoms with E-state index in [0.29, 0.717) is 5.88 Å². The molecule has 0 spiro atoms. The van der Waals surface area contributed by atoms with Crippen molar-refractivity contribution in [2.45, 2.75) is 20.4 Å². The quantitative estimate of drug-likeness (QED) is 0.684. The Morgan fingerprint density at radius 1 is 1.22 bits per heavy atom. The molecule has 1 aromatic carbocycles. The Kier molecular flexibility index (Phi) is 6.40. The smallest absolute Gasteiger partial charge is 0.229 e. The molecular formula is C20H26ClN3O2S. The molecule has 1 saturated heterocycles. The summed E-state index contributed by atoms with van der Waals surface area (Å²) in [7, 11) is 1.67. The van der Waals surface area contributed by atoms with Crippen molar-refractivity contribution in [2.75, 3.05) is 39.2 Å². The number of amides is 1. The zero-order valence-corrected chi connectivity index (χ0v) is 17.6. The van der Waals surface area contributed by atoms with Gasteiger partial charge in [0.1, 0.15) is 10.8 Å². The summed E-state index contributed by atoms with van der Waals surface area (Å²) in [4.78, 5) is 21.6. The summed E-state index contributed by atoms with van der Waals surface area (Å²) in [6.07, 6.45) is 0. The van der Waals surface area contributed by atoms with E-state index in [0.717, 1.165) is 54.7 Å². The van der Waals surface area contributed by atoms with Crippen LogP contribution in [0.3, 0.4) is 0 Å². The molecule has 0 N–H and O–H groups in total. The Labute approximate surface area is 169 Å². The molecule has 0 radical (unpaired) electrons. The Balaban J connectivity index is 1.55.